The summed E-state index contributed by atoms with van der Waals surface area (Å²) >= 11 is 2.01. The normalized spacial score (nSPS) is 20.9. The molecule has 18 heavy (non-hydrogen) atoms. The lowest BCUT2D eigenvalue weighted by Crippen LogP contribution is -2.46. The summed E-state index contributed by atoms with van der Waals surface area (Å²) in [5.41, 5.74) is 7.05. The van der Waals surface area contributed by atoms with Crippen molar-refractivity contribution < 1.29 is 4.39 Å². The minimum absolute atomic E-state index is 0.185. The van der Waals surface area contributed by atoms with Crippen molar-refractivity contribution in [2.75, 3.05) is 29.5 Å². The number of benzene rings is 1. The fourth-order valence-corrected chi connectivity index (χ4v) is 4.00. The van der Waals surface area contributed by atoms with Crippen LogP contribution in [0.3, 0.4) is 0 Å². The SMILES string of the molecule is CCN(c1ccc(F)cc1)C(CN)C1CCSC1. The van der Waals surface area contributed by atoms with Gasteiger partial charge in [-0.2, -0.15) is 11.8 Å². The first kappa shape index (κ1) is 13.7. The van der Waals surface area contributed by atoms with Crippen molar-refractivity contribution in [2.24, 2.45) is 11.7 Å². The molecule has 1 heterocycles. The zero-order valence-electron chi connectivity index (χ0n) is 10.8. The average molecular weight is 268 g/mol. The van der Waals surface area contributed by atoms with Crippen LogP contribution in [0.15, 0.2) is 24.3 Å². The van der Waals surface area contributed by atoms with Crippen molar-refractivity contribution in [3.8, 4) is 0 Å². The van der Waals surface area contributed by atoms with E-state index in [-0.39, 0.29) is 5.82 Å². The van der Waals surface area contributed by atoms with Gasteiger partial charge < -0.3 is 10.6 Å². The highest BCUT2D eigenvalue weighted by Crippen LogP contribution is 2.30. The lowest BCUT2D eigenvalue weighted by molar-refractivity contribution is 0.442. The Labute approximate surface area is 113 Å². The molecular formula is C14H21FN2S. The predicted molar refractivity (Wildman–Crippen MR) is 77.7 cm³/mol. The van der Waals surface area contributed by atoms with Crippen molar-refractivity contribution >= 4 is 17.4 Å². The molecule has 0 amide bonds. The van der Waals surface area contributed by atoms with Crippen LogP contribution >= 0.6 is 11.8 Å². The third kappa shape index (κ3) is 2.98. The van der Waals surface area contributed by atoms with Gasteiger partial charge in [0.1, 0.15) is 5.82 Å². The van der Waals surface area contributed by atoms with E-state index >= 15 is 0 Å². The van der Waals surface area contributed by atoms with E-state index in [9.17, 15) is 4.39 Å². The molecule has 2 N–H and O–H groups in total. The molecular weight excluding hydrogens is 247 g/mol. The number of nitrogens with two attached hydrogens (primary N) is 1. The zero-order valence-corrected chi connectivity index (χ0v) is 11.6. The maximum Gasteiger partial charge on any atom is 0.123 e. The number of rotatable bonds is 5. The van der Waals surface area contributed by atoms with E-state index in [4.69, 9.17) is 5.73 Å². The van der Waals surface area contributed by atoms with Crippen LogP contribution in [0.1, 0.15) is 13.3 Å². The van der Waals surface area contributed by atoms with Crippen LogP contribution in [0.2, 0.25) is 0 Å². The summed E-state index contributed by atoms with van der Waals surface area (Å²) in [6.07, 6.45) is 1.24. The fraction of sp³-hybridized carbons (Fsp3) is 0.571. The highest BCUT2D eigenvalue weighted by Gasteiger charge is 2.28. The summed E-state index contributed by atoms with van der Waals surface area (Å²) in [5.74, 6) is 2.90. The molecule has 0 spiro atoms. The second-order valence-corrected chi connectivity index (χ2v) is 5.84. The van der Waals surface area contributed by atoms with E-state index in [1.807, 2.05) is 23.9 Å². The first-order chi connectivity index (χ1) is 8.76. The molecule has 1 aromatic rings. The summed E-state index contributed by atoms with van der Waals surface area (Å²) in [5, 5.41) is 0. The van der Waals surface area contributed by atoms with Crippen molar-refractivity contribution in [1.82, 2.24) is 0 Å². The van der Waals surface area contributed by atoms with Gasteiger partial charge in [-0.1, -0.05) is 0 Å². The molecule has 0 aromatic heterocycles. The number of halogens is 1. The highest BCUT2D eigenvalue weighted by molar-refractivity contribution is 7.99. The quantitative estimate of drug-likeness (QED) is 0.890. The van der Waals surface area contributed by atoms with Gasteiger partial charge in [0.25, 0.3) is 0 Å². The molecule has 4 heteroatoms. The summed E-state index contributed by atoms with van der Waals surface area (Å²) in [7, 11) is 0. The number of nitrogens with zero attached hydrogens (tertiary/aromatic N) is 1. The van der Waals surface area contributed by atoms with Gasteiger partial charge in [-0.25, -0.2) is 4.39 Å². The summed E-state index contributed by atoms with van der Waals surface area (Å²) in [4.78, 5) is 2.32. The topological polar surface area (TPSA) is 29.3 Å². The van der Waals surface area contributed by atoms with E-state index in [0.29, 0.717) is 18.5 Å². The maximum atomic E-state index is 13.0. The van der Waals surface area contributed by atoms with E-state index < -0.39 is 0 Å². The molecule has 0 radical (unpaired) electrons. The third-order valence-corrected chi connectivity index (χ3v) is 4.84. The lowest BCUT2D eigenvalue weighted by Gasteiger charge is -2.35. The number of likely N-dealkylation sites (N-methyl/N-ethyl adjacent to an activating group) is 1. The molecule has 1 aromatic carbocycles. The first-order valence-corrected chi connectivity index (χ1v) is 7.71. The van der Waals surface area contributed by atoms with E-state index in [1.165, 1.54) is 30.1 Å². The maximum absolute atomic E-state index is 13.0. The Bertz CT molecular complexity index is 363. The van der Waals surface area contributed by atoms with Gasteiger partial charge in [0.05, 0.1) is 0 Å². The van der Waals surface area contributed by atoms with Gasteiger partial charge in [0, 0.05) is 24.8 Å². The van der Waals surface area contributed by atoms with Gasteiger partial charge in [0.2, 0.25) is 0 Å². The summed E-state index contributed by atoms with van der Waals surface area (Å²) < 4.78 is 13.0. The van der Waals surface area contributed by atoms with Gasteiger partial charge in [0.15, 0.2) is 0 Å². The summed E-state index contributed by atoms with van der Waals surface area (Å²) in [6, 6.07) is 7.12. The number of hydrogen-bond donors (Lipinski definition) is 1. The molecule has 2 nitrogen and oxygen atoms in total. The number of thioether (sulfide) groups is 1. The molecule has 2 atom stereocenters. The molecule has 1 aliphatic heterocycles. The Balaban J connectivity index is 2.17. The van der Waals surface area contributed by atoms with Crippen LogP contribution in [0.25, 0.3) is 0 Å². The molecule has 0 saturated carbocycles. The molecule has 0 aliphatic carbocycles. The van der Waals surface area contributed by atoms with Crippen LogP contribution < -0.4 is 10.6 Å². The Morgan fingerprint density at radius 2 is 2.17 bits per heavy atom. The average Bonchev–Trinajstić information content (AvgIpc) is 2.91. The first-order valence-electron chi connectivity index (χ1n) is 6.56. The van der Waals surface area contributed by atoms with Gasteiger partial charge in [-0.15, -0.1) is 0 Å². The second kappa shape index (κ2) is 6.43. The Hall–Kier alpha value is -0.740. The van der Waals surface area contributed by atoms with Crippen molar-refractivity contribution in [3.63, 3.8) is 0 Å². The van der Waals surface area contributed by atoms with E-state index in [2.05, 4.69) is 11.8 Å². The summed E-state index contributed by atoms with van der Waals surface area (Å²) in [6.45, 7) is 3.71. The van der Waals surface area contributed by atoms with E-state index in [1.54, 1.807) is 0 Å². The van der Waals surface area contributed by atoms with E-state index in [0.717, 1.165) is 12.2 Å². The molecule has 1 fully saturated rings. The number of hydrogen-bond acceptors (Lipinski definition) is 3. The van der Waals surface area contributed by atoms with Crippen molar-refractivity contribution in [3.05, 3.63) is 30.1 Å². The van der Waals surface area contributed by atoms with Crippen LogP contribution in [0.5, 0.6) is 0 Å². The Morgan fingerprint density at radius 3 is 2.67 bits per heavy atom. The second-order valence-electron chi connectivity index (χ2n) is 4.69. The largest absolute Gasteiger partial charge is 0.367 e. The molecule has 2 unspecified atom stereocenters. The van der Waals surface area contributed by atoms with Gasteiger partial charge in [-0.3, -0.25) is 0 Å². The fourth-order valence-electron chi connectivity index (χ4n) is 2.67. The van der Waals surface area contributed by atoms with Crippen LogP contribution in [-0.2, 0) is 0 Å². The molecule has 0 bridgehead atoms. The Morgan fingerprint density at radius 1 is 1.44 bits per heavy atom. The minimum Gasteiger partial charge on any atom is -0.367 e. The van der Waals surface area contributed by atoms with Crippen molar-refractivity contribution in [2.45, 2.75) is 19.4 Å². The standard InChI is InChI=1S/C14H21FN2S/c1-2-17(13-5-3-12(15)4-6-13)14(9-16)11-7-8-18-10-11/h3-6,11,14H,2,7-10,16H2,1H3. The lowest BCUT2D eigenvalue weighted by atomic mass is 9.97. The smallest absolute Gasteiger partial charge is 0.123 e. The van der Waals surface area contributed by atoms with Crippen LogP contribution in [0.4, 0.5) is 10.1 Å². The molecule has 1 saturated heterocycles. The van der Waals surface area contributed by atoms with Crippen molar-refractivity contribution in [1.29, 1.82) is 0 Å². The predicted octanol–water partition coefficient (Wildman–Crippen LogP) is 2.73. The zero-order chi connectivity index (χ0) is 13.0. The molecule has 100 valence electrons. The van der Waals surface area contributed by atoms with Gasteiger partial charge >= 0.3 is 0 Å². The highest BCUT2D eigenvalue weighted by atomic mass is 32.2. The Kier molecular flexibility index (Phi) is 4.89. The van der Waals surface area contributed by atoms with Crippen LogP contribution in [0, 0.1) is 11.7 Å². The van der Waals surface area contributed by atoms with Gasteiger partial charge in [-0.05, 0) is 55.0 Å². The molecule has 1 aliphatic rings. The molecule has 2 rings (SSSR count). The third-order valence-electron chi connectivity index (χ3n) is 3.65. The minimum atomic E-state index is -0.185. The number of anilines is 1. The monoisotopic (exact) mass is 268 g/mol. The van der Waals surface area contributed by atoms with Crippen LogP contribution in [-0.4, -0.2) is 30.6 Å².